The molecule has 7 nitrogen and oxygen atoms in total. The molecular formula is C36H52O7. The molecule has 5 aliphatic rings. The molecule has 0 unspecified atom stereocenters. The van der Waals surface area contributed by atoms with Crippen LogP contribution in [0.15, 0.2) is 36.6 Å². The fourth-order valence-electron chi connectivity index (χ4n) is 11.0. The third-order valence-corrected chi connectivity index (χ3v) is 13.3. The van der Waals surface area contributed by atoms with Crippen LogP contribution in [0.5, 0.6) is 0 Å². The average molecular weight is 597 g/mol. The number of allylic oxidation sites excluding steroid dienone is 3. The van der Waals surface area contributed by atoms with E-state index in [0.717, 1.165) is 38.5 Å². The number of carbonyl (C=O) groups excluding carboxylic acids is 3. The minimum absolute atomic E-state index is 0.0406. The van der Waals surface area contributed by atoms with Gasteiger partial charge in [-0.3, -0.25) is 14.4 Å². The van der Waals surface area contributed by atoms with Crippen molar-refractivity contribution in [3.8, 4) is 0 Å². The van der Waals surface area contributed by atoms with Crippen molar-refractivity contribution in [1.82, 2.24) is 0 Å². The molecule has 0 aromatic carbocycles. The number of ketones is 2. The average Bonchev–Trinajstić information content (AvgIpc) is 3.55. The number of hydrogen-bond donors (Lipinski definition) is 1. The van der Waals surface area contributed by atoms with Crippen molar-refractivity contribution in [2.45, 2.75) is 99.2 Å². The molecule has 1 N–H and O–H groups in total. The van der Waals surface area contributed by atoms with Crippen molar-refractivity contribution in [3.63, 3.8) is 0 Å². The van der Waals surface area contributed by atoms with Gasteiger partial charge < -0.3 is 19.3 Å². The molecular weight excluding hydrogens is 544 g/mol. The molecule has 0 heterocycles. The van der Waals surface area contributed by atoms with Crippen LogP contribution in [0.25, 0.3) is 0 Å². The molecule has 0 aliphatic heterocycles. The van der Waals surface area contributed by atoms with Crippen LogP contribution in [0, 0.1) is 57.2 Å². The van der Waals surface area contributed by atoms with Gasteiger partial charge in [0, 0.05) is 24.7 Å². The molecule has 0 amide bonds. The van der Waals surface area contributed by atoms with Crippen LogP contribution < -0.4 is 0 Å². The van der Waals surface area contributed by atoms with E-state index in [-0.39, 0.29) is 76.5 Å². The Bertz CT molecular complexity index is 1240. The number of fused-ring (bicyclic) bond motifs is 2. The zero-order valence-electron chi connectivity index (χ0n) is 27.2. The molecule has 238 valence electrons. The SMILES string of the molecule is C=C(C)OCOC[C@H](C)C(=C)C(=O)[C@H](O)[C@@H](C)[C@H]1[C@@H](OC(C)=O)C[C@@]2(C)[C@@H]3CC[C@H]4[C@H](C)C(=O)C=C[C@@]45C[C@@]35CC[C@]12C. The molecule has 12 atom stereocenters. The van der Waals surface area contributed by atoms with Crippen molar-refractivity contribution in [2.24, 2.45) is 57.2 Å². The molecule has 0 saturated heterocycles. The van der Waals surface area contributed by atoms with Gasteiger partial charge in [0.1, 0.15) is 12.2 Å². The molecule has 5 rings (SSSR count). The number of esters is 1. The first-order chi connectivity index (χ1) is 20.1. The van der Waals surface area contributed by atoms with Gasteiger partial charge in [0.15, 0.2) is 18.4 Å². The summed E-state index contributed by atoms with van der Waals surface area (Å²) in [4.78, 5) is 38.6. The summed E-state index contributed by atoms with van der Waals surface area (Å²) in [6.07, 6.45) is 8.40. The Morgan fingerprint density at radius 3 is 2.47 bits per heavy atom. The highest BCUT2D eigenvalue weighted by molar-refractivity contribution is 5.98. The third kappa shape index (κ3) is 4.70. The van der Waals surface area contributed by atoms with Gasteiger partial charge in [0.2, 0.25) is 0 Å². The highest BCUT2D eigenvalue weighted by Crippen LogP contribution is 2.87. The van der Waals surface area contributed by atoms with Crippen molar-refractivity contribution in [2.75, 3.05) is 13.4 Å². The maximum Gasteiger partial charge on any atom is 0.302 e. The van der Waals surface area contributed by atoms with Crippen molar-refractivity contribution >= 4 is 17.5 Å². The summed E-state index contributed by atoms with van der Waals surface area (Å²) in [5.41, 5.74) is 0.200. The summed E-state index contributed by atoms with van der Waals surface area (Å²) in [6.45, 7) is 21.8. The van der Waals surface area contributed by atoms with Crippen LogP contribution >= 0.6 is 0 Å². The summed E-state index contributed by atoms with van der Waals surface area (Å²) < 4.78 is 16.8. The summed E-state index contributed by atoms with van der Waals surface area (Å²) in [7, 11) is 0. The van der Waals surface area contributed by atoms with E-state index in [1.54, 1.807) is 6.92 Å². The van der Waals surface area contributed by atoms with Gasteiger partial charge in [0.05, 0.1) is 12.4 Å². The smallest absolute Gasteiger partial charge is 0.302 e. The first-order valence-electron chi connectivity index (χ1n) is 16.2. The van der Waals surface area contributed by atoms with E-state index >= 15 is 0 Å². The van der Waals surface area contributed by atoms with E-state index in [2.05, 4.69) is 40.0 Å². The lowest BCUT2D eigenvalue weighted by Gasteiger charge is -2.61. The summed E-state index contributed by atoms with van der Waals surface area (Å²) in [5.74, 6) is 0.0613. The Morgan fingerprint density at radius 2 is 1.81 bits per heavy atom. The van der Waals surface area contributed by atoms with Crippen molar-refractivity contribution in [3.05, 3.63) is 36.6 Å². The number of rotatable bonds is 11. The van der Waals surface area contributed by atoms with Gasteiger partial charge in [-0.2, -0.15) is 0 Å². The van der Waals surface area contributed by atoms with Gasteiger partial charge in [-0.05, 0) is 96.5 Å². The summed E-state index contributed by atoms with van der Waals surface area (Å²) in [6, 6.07) is 0. The van der Waals surface area contributed by atoms with Crippen LogP contribution in [-0.4, -0.2) is 48.3 Å². The molecule has 43 heavy (non-hydrogen) atoms. The minimum atomic E-state index is -1.27. The molecule has 0 aromatic heterocycles. The predicted octanol–water partition coefficient (Wildman–Crippen LogP) is 6.20. The molecule has 4 fully saturated rings. The summed E-state index contributed by atoms with van der Waals surface area (Å²) in [5, 5.41) is 11.6. The fourth-order valence-corrected chi connectivity index (χ4v) is 11.0. The predicted molar refractivity (Wildman–Crippen MR) is 163 cm³/mol. The Morgan fingerprint density at radius 1 is 1.12 bits per heavy atom. The maximum atomic E-state index is 13.6. The van der Waals surface area contributed by atoms with E-state index in [1.807, 2.05) is 19.9 Å². The highest BCUT2D eigenvalue weighted by Gasteiger charge is 2.81. The highest BCUT2D eigenvalue weighted by atomic mass is 16.7. The molecule has 0 radical (unpaired) electrons. The van der Waals surface area contributed by atoms with Crippen LogP contribution in [0.4, 0.5) is 0 Å². The van der Waals surface area contributed by atoms with Gasteiger partial charge in [-0.25, -0.2) is 0 Å². The number of hydrogen-bond acceptors (Lipinski definition) is 7. The Kier molecular flexibility index (Phi) is 8.21. The Balaban J connectivity index is 1.39. The zero-order chi connectivity index (χ0) is 31.7. The number of carbonyl (C=O) groups is 3. The van der Waals surface area contributed by atoms with E-state index in [4.69, 9.17) is 14.2 Å². The molecule has 5 aliphatic carbocycles. The lowest BCUT2D eigenvalue weighted by molar-refractivity contribution is -0.154. The van der Waals surface area contributed by atoms with Crippen LogP contribution in [-0.2, 0) is 28.6 Å². The fraction of sp³-hybridized carbons (Fsp3) is 0.750. The van der Waals surface area contributed by atoms with Gasteiger partial charge in [-0.1, -0.05) is 53.9 Å². The van der Waals surface area contributed by atoms with Gasteiger partial charge >= 0.3 is 5.97 Å². The molecule has 4 saturated carbocycles. The molecule has 2 spiro atoms. The minimum Gasteiger partial charge on any atom is -0.473 e. The topological polar surface area (TPSA) is 99.1 Å². The van der Waals surface area contributed by atoms with Gasteiger partial charge in [-0.15, -0.1) is 0 Å². The first kappa shape index (κ1) is 32.2. The lowest BCUT2D eigenvalue weighted by atomic mass is 9.43. The second-order valence-electron chi connectivity index (χ2n) is 15.3. The number of ether oxygens (including phenoxy) is 3. The summed E-state index contributed by atoms with van der Waals surface area (Å²) >= 11 is 0. The largest absolute Gasteiger partial charge is 0.473 e. The second kappa shape index (κ2) is 11.0. The third-order valence-electron chi connectivity index (χ3n) is 13.3. The Labute approximate surface area is 257 Å². The van der Waals surface area contributed by atoms with Gasteiger partial charge in [0.25, 0.3) is 0 Å². The van der Waals surface area contributed by atoms with E-state index in [9.17, 15) is 19.5 Å². The van der Waals surface area contributed by atoms with E-state index in [0.29, 0.717) is 23.2 Å². The second-order valence-corrected chi connectivity index (χ2v) is 15.3. The molecule has 7 heteroatoms. The van der Waals surface area contributed by atoms with Crippen LogP contribution in [0.3, 0.4) is 0 Å². The quantitative estimate of drug-likeness (QED) is 0.0996. The maximum absolute atomic E-state index is 13.6. The van der Waals surface area contributed by atoms with E-state index < -0.39 is 12.0 Å². The monoisotopic (exact) mass is 596 g/mol. The Hall–Kier alpha value is -2.25. The number of aliphatic hydroxyl groups excluding tert-OH is 1. The van der Waals surface area contributed by atoms with Crippen LogP contribution in [0.2, 0.25) is 0 Å². The molecule has 0 bridgehead atoms. The zero-order valence-corrected chi connectivity index (χ0v) is 27.2. The first-order valence-corrected chi connectivity index (χ1v) is 16.2. The van der Waals surface area contributed by atoms with E-state index in [1.165, 1.54) is 6.92 Å². The molecule has 0 aromatic rings. The van der Waals surface area contributed by atoms with Crippen molar-refractivity contribution in [1.29, 1.82) is 0 Å². The lowest BCUT2D eigenvalue weighted by Crippen LogP contribution is -2.56. The number of Topliss-reactive ketones (excluding diaryl/α,β-unsaturated/α-hetero) is 1. The van der Waals surface area contributed by atoms with Crippen molar-refractivity contribution < 1.29 is 33.7 Å². The van der Waals surface area contributed by atoms with Crippen LogP contribution in [0.1, 0.15) is 87.0 Å². The standard InChI is InChI=1S/C36H52O7/c1-20(2)42-19-41-17-21(3)22(4)31(39)32(40)24(6)30-28(43-25(7)37)16-34(9)29-11-10-26-23(5)27(38)12-13-35(26)18-36(29,35)15-14-33(30,34)8/h12-13,21,23-24,26,28-30,32,40H,1,4,10-11,14-19H2,2-3,5-9H3/t21-,23-,24-,26-,28-,29-,30-,32+,33+,34-,35+,36-/m0/s1. The number of aliphatic hydroxyl groups is 1. The normalized spacial score (nSPS) is 42.8.